The van der Waals surface area contributed by atoms with E-state index in [2.05, 4.69) is 9.97 Å². The van der Waals surface area contributed by atoms with Gasteiger partial charge in [0.15, 0.2) is 0 Å². The summed E-state index contributed by atoms with van der Waals surface area (Å²) in [5.41, 5.74) is 0. The predicted molar refractivity (Wildman–Crippen MR) is 39.8 cm³/mol. The van der Waals surface area contributed by atoms with Crippen LogP contribution in [-0.2, 0) is 9.84 Å². The highest BCUT2D eigenvalue weighted by atomic mass is 32.2. The Balaban J connectivity index is 3.14. The summed E-state index contributed by atoms with van der Waals surface area (Å²) in [4.78, 5) is 7.24. The first-order valence-corrected chi connectivity index (χ1v) is 4.82. The Labute approximate surface area is 65.2 Å². The van der Waals surface area contributed by atoms with Gasteiger partial charge in [0, 0.05) is 12.4 Å². The Hall–Kier alpha value is -0.970. The normalized spacial score (nSPS) is 11.4. The molecule has 0 amide bonds. The van der Waals surface area contributed by atoms with Crippen molar-refractivity contribution in [1.29, 1.82) is 0 Å². The second-order valence-corrected chi connectivity index (χ2v) is 4.11. The van der Waals surface area contributed by atoms with E-state index in [1.165, 1.54) is 12.4 Å². The summed E-state index contributed by atoms with van der Waals surface area (Å²) < 4.78 is 22.2. The van der Waals surface area contributed by atoms with E-state index in [-0.39, 0.29) is 10.9 Å². The third-order valence-corrected chi connectivity index (χ3v) is 2.73. The molecular formula is C6H8N2O2S. The van der Waals surface area contributed by atoms with E-state index in [4.69, 9.17) is 0 Å². The second kappa shape index (κ2) is 2.96. The predicted octanol–water partition coefficient (Wildman–Crippen LogP) is 0.270. The molecule has 0 fully saturated rings. The van der Waals surface area contributed by atoms with Gasteiger partial charge in [-0.05, 0) is 6.07 Å². The van der Waals surface area contributed by atoms with Crippen molar-refractivity contribution in [2.75, 3.05) is 5.75 Å². The first-order valence-electron chi connectivity index (χ1n) is 3.16. The van der Waals surface area contributed by atoms with Gasteiger partial charge in [0.25, 0.3) is 0 Å². The van der Waals surface area contributed by atoms with Crippen LogP contribution in [0.2, 0.25) is 0 Å². The molecule has 4 nitrogen and oxygen atoms in total. The average Bonchev–Trinajstić information content (AvgIpc) is 2.06. The zero-order valence-electron chi connectivity index (χ0n) is 6.06. The summed E-state index contributed by atoms with van der Waals surface area (Å²) in [6.45, 7) is 1.56. The second-order valence-electron chi connectivity index (χ2n) is 1.93. The number of sulfone groups is 1. The highest BCUT2D eigenvalue weighted by Crippen LogP contribution is 2.00. The minimum atomic E-state index is -3.22. The Kier molecular flexibility index (Phi) is 2.19. The minimum absolute atomic E-state index is 0.0387. The molecule has 0 spiro atoms. The van der Waals surface area contributed by atoms with Gasteiger partial charge in [-0.25, -0.2) is 18.4 Å². The molecule has 0 N–H and O–H groups in total. The third-order valence-electron chi connectivity index (χ3n) is 1.20. The summed E-state index contributed by atoms with van der Waals surface area (Å²) >= 11 is 0. The molecule has 1 rings (SSSR count). The molecule has 0 saturated carbocycles. The van der Waals surface area contributed by atoms with E-state index >= 15 is 0 Å². The molecule has 0 aliphatic heterocycles. The van der Waals surface area contributed by atoms with Gasteiger partial charge in [-0.2, -0.15) is 0 Å². The van der Waals surface area contributed by atoms with E-state index in [9.17, 15) is 8.42 Å². The van der Waals surface area contributed by atoms with Crippen LogP contribution in [0.15, 0.2) is 23.6 Å². The number of nitrogens with zero attached hydrogens (tertiary/aromatic N) is 2. The largest absolute Gasteiger partial charge is 0.246 e. The van der Waals surface area contributed by atoms with Crippen molar-refractivity contribution in [3.05, 3.63) is 18.5 Å². The van der Waals surface area contributed by atoms with Crippen molar-refractivity contribution >= 4 is 9.84 Å². The number of aromatic nitrogens is 2. The molecule has 0 saturated heterocycles. The molecule has 0 aliphatic rings. The highest BCUT2D eigenvalue weighted by Gasteiger charge is 2.12. The Morgan fingerprint density at radius 1 is 1.36 bits per heavy atom. The van der Waals surface area contributed by atoms with Crippen LogP contribution in [0.4, 0.5) is 0 Å². The van der Waals surface area contributed by atoms with Crippen LogP contribution >= 0.6 is 0 Å². The number of hydrogen-bond acceptors (Lipinski definition) is 4. The zero-order chi connectivity index (χ0) is 8.32. The van der Waals surface area contributed by atoms with Crippen molar-refractivity contribution in [2.45, 2.75) is 12.1 Å². The van der Waals surface area contributed by atoms with Crippen LogP contribution in [0.5, 0.6) is 0 Å². The van der Waals surface area contributed by atoms with Crippen molar-refractivity contribution in [3.8, 4) is 0 Å². The summed E-state index contributed by atoms with van der Waals surface area (Å²) in [7, 11) is -3.22. The molecule has 1 aromatic heterocycles. The lowest BCUT2D eigenvalue weighted by Crippen LogP contribution is -2.07. The Morgan fingerprint density at radius 2 is 1.91 bits per heavy atom. The average molecular weight is 172 g/mol. The van der Waals surface area contributed by atoms with E-state index in [1.807, 2.05) is 0 Å². The van der Waals surface area contributed by atoms with Crippen LogP contribution < -0.4 is 0 Å². The van der Waals surface area contributed by atoms with Crippen molar-refractivity contribution in [3.63, 3.8) is 0 Å². The van der Waals surface area contributed by atoms with Gasteiger partial charge in [0.2, 0.25) is 15.0 Å². The van der Waals surface area contributed by atoms with E-state index in [0.29, 0.717) is 0 Å². The standard InChI is InChI=1S/C6H8N2O2S/c1-2-11(9,10)6-7-4-3-5-8-6/h3-5H,2H2,1H3. The van der Waals surface area contributed by atoms with Crippen molar-refractivity contribution in [1.82, 2.24) is 9.97 Å². The van der Waals surface area contributed by atoms with Gasteiger partial charge in [0.05, 0.1) is 5.75 Å². The van der Waals surface area contributed by atoms with E-state index < -0.39 is 9.84 Å². The molecule has 5 heteroatoms. The first-order chi connectivity index (χ1) is 5.17. The fraction of sp³-hybridized carbons (Fsp3) is 0.333. The lowest BCUT2D eigenvalue weighted by Gasteiger charge is -1.95. The van der Waals surface area contributed by atoms with Crippen molar-refractivity contribution in [2.24, 2.45) is 0 Å². The Morgan fingerprint density at radius 3 is 2.36 bits per heavy atom. The van der Waals surface area contributed by atoms with Crippen LogP contribution in [0.1, 0.15) is 6.92 Å². The van der Waals surface area contributed by atoms with Gasteiger partial charge < -0.3 is 0 Å². The molecular weight excluding hydrogens is 164 g/mol. The van der Waals surface area contributed by atoms with Gasteiger partial charge in [-0.1, -0.05) is 6.92 Å². The minimum Gasteiger partial charge on any atom is -0.227 e. The van der Waals surface area contributed by atoms with E-state index in [1.54, 1.807) is 13.0 Å². The molecule has 0 bridgehead atoms. The van der Waals surface area contributed by atoms with E-state index in [0.717, 1.165) is 0 Å². The van der Waals surface area contributed by atoms with Crippen LogP contribution in [0.25, 0.3) is 0 Å². The summed E-state index contributed by atoms with van der Waals surface area (Å²) in [6, 6.07) is 1.58. The summed E-state index contributed by atoms with van der Waals surface area (Å²) in [5.74, 6) is 0.0387. The third kappa shape index (κ3) is 1.74. The maximum Gasteiger partial charge on any atom is 0.246 e. The van der Waals surface area contributed by atoms with Gasteiger partial charge in [0.1, 0.15) is 0 Å². The SMILES string of the molecule is CCS(=O)(=O)c1ncccn1. The smallest absolute Gasteiger partial charge is 0.227 e. The topological polar surface area (TPSA) is 59.9 Å². The van der Waals surface area contributed by atoms with Gasteiger partial charge in [-0.15, -0.1) is 0 Å². The van der Waals surface area contributed by atoms with Crippen LogP contribution in [0.3, 0.4) is 0 Å². The molecule has 0 aromatic carbocycles. The molecule has 1 heterocycles. The van der Waals surface area contributed by atoms with Crippen molar-refractivity contribution < 1.29 is 8.42 Å². The monoisotopic (exact) mass is 172 g/mol. The number of hydrogen-bond donors (Lipinski definition) is 0. The molecule has 60 valence electrons. The quantitative estimate of drug-likeness (QED) is 0.601. The lowest BCUT2D eigenvalue weighted by molar-refractivity contribution is 0.588. The maximum absolute atomic E-state index is 11.1. The number of rotatable bonds is 2. The molecule has 11 heavy (non-hydrogen) atoms. The van der Waals surface area contributed by atoms with Crippen LogP contribution in [0, 0.1) is 0 Å². The maximum atomic E-state index is 11.1. The molecule has 1 aromatic rings. The fourth-order valence-corrected chi connectivity index (χ4v) is 1.28. The summed E-state index contributed by atoms with van der Waals surface area (Å²) in [6.07, 6.45) is 2.82. The molecule has 0 aliphatic carbocycles. The molecule has 0 radical (unpaired) electrons. The lowest BCUT2D eigenvalue weighted by atomic mass is 10.7. The van der Waals surface area contributed by atoms with Crippen LogP contribution in [-0.4, -0.2) is 24.1 Å². The fourth-order valence-electron chi connectivity index (χ4n) is 0.575. The zero-order valence-corrected chi connectivity index (χ0v) is 6.87. The van der Waals surface area contributed by atoms with Gasteiger partial charge in [-0.3, -0.25) is 0 Å². The highest BCUT2D eigenvalue weighted by molar-refractivity contribution is 7.91. The molecule has 0 atom stereocenters. The Bertz CT molecular complexity index is 320. The first kappa shape index (κ1) is 8.13. The molecule has 0 unspecified atom stereocenters. The van der Waals surface area contributed by atoms with Gasteiger partial charge >= 0.3 is 0 Å². The summed E-state index contributed by atoms with van der Waals surface area (Å²) in [5, 5.41) is -0.0949.